The Morgan fingerprint density at radius 1 is 1.22 bits per heavy atom. The minimum Gasteiger partial charge on any atom is -0.326 e. The Kier molecular flexibility index (Phi) is 5.16. The summed E-state index contributed by atoms with van der Waals surface area (Å²) < 4.78 is 26.9. The van der Waals surface area contributed by atoms with Gasteiger partial charge in [0.25, 0.3) is 0 Å². The quantitative estimate of drug-likeness (QED) is 0.921. The molecule has 0 spiro atoms. The molecule has 0 aromatic heterocycles. The smallest absolute Gasteiger partial charge is 0.243 e. The lowest BCUT2D eigenvalue weighted by Crippen LogP contribution is -2.39. The first-order chi connectivity index (χ1) is 10.6. The minimum absolute atomic E-state index is 0.0991. The number of carbonyl (C=O) groups excluding carboxylic acids is 1. The number of hydrogen-bond donors (Lipinski definition) is 1. The van der Waals surface area contributed by atoms with Gasteiger partial charge in [0.2, 0.25) is 15.9 Å². The second-order valence-electron chi connectivity index (χ2n) is 7.34. The lowest BCUT2D eigenvalue weighted by Gasteiger charge is -2.30. The third-order valence-electron chi connectivity index (χ3n) is 4.05. The van der Waals surface area contributed by atoms with Crippen molar-refractivity contribution in [3.05, 3.63) is 24.3 Å². The zero-order valence-corrected chi connectivity index (χ0v) is 15.1. The Hall–Kier alpha value is -1.40. The summed E-state index contributed by atoms with van der Waals surface area (Å²) in [5, 5.41) is 2.80. The maximum absolute atomic E-state index is 12.7. The van der Waals surface area contributed by atoms with Gasteiger partial charge in [-0.15, -0.1) is 0 Å². The van der Waals surface area contributed by atoms with Crippen LogP contribution in [0.4, 0.5) is 5.69 Å². The van der Waals surface area contributed by atoms with Crippen molar-refractivity contribution >= 4 is 21.6 Å². The lowest BCUT2D eigenvalue weighted by molar-refractivity contribution is -0.123. The summed E-state index contributed by atoms with van der Waals surface area (Å²) in [5.41, 5.74) is 0.116. The van der Waals surface area contributed by atoms with Gasteiger partial charge in [-0.1, -0.05) is 27.7 Å². The molecule has 1 aromatic rings. The molecular weight excluding hydrogens is 312 g/mol. The summed E-state index contributed by atoms with van der Waals surface area (Å²) in [7, 11) is -3.45. The Labute approximate surface area is 139 Å². The highest BCUT2D eigenvalue weighted by molar-refractivity contribution is 7.89. The van der Waals surface area contributed by atoms with Crippen molar-refractivity contribution in [1.29, 1.82) is 0 Å². The zero-order chi connectivity index (χ0) is 17.3. The molecule has 1 atom stereocenters. The van der Waals surface area contributed by atoms with E-state index in [9.17, 15) is 13.2 Å². The van der Waals surface area contributed by atoms with E-state index in [2.05, 4.69) is 12.2 Å². The zero-order valence-electron chi connectivity index (χ0n) is 14.3. The average Bonchev–Trinajstić information content (AvgIpc) is 2.47. The topological polar surface area (TPSA) is 66.5 Å². The van der Waals surface area contributed by atoms with E-state index in [1.165, 1.54) is 0 Å². The number of carbonyl (C=O) groups is 1. The van der Waals surface area contributed by atoms with Crippen molar-refractivity contribution in [3.8, 4) is 0 Å². The maximum Gasteiger partial charge on any atom is 0.243 e. The van der Waals surface area contributed by atoms with Crippen molar-refractivity contribution in [2.75, 3.05) is 18.4 Å². The molecule has 1 amide bonds. The van der Waals surface area contributed by atoms with Crippen LogP contribution < -0.4 is 5.32 Å². The molecule has 0 saturated carbocycles. The van der Waals surface area contributed by atoms with E-state index in [4.69, 9.17) is 0 Å². The van der Waals surface area contributed by atoms with Gasteiger partial charge in [-0.25, -0.2) is 8.42 Å². The third-order valence-corrected chi connectivity index (χ3v) is 5.93. The predicted octanol–water partition coefficient (Wildman–Crippen LogP) is 3.09. The van der Waals surface area contributed by atoms with Crippen molar-refractivity contribution < 1.29 is 13.2 Å². The fourth-order valence-corrected chi connectivity index (χ4v) is 4.14. The van der Waals surface area contributed by atoms with Gasteiger partial charge in [0.15, 0.2) is 0 Å². The number of piperidine rings is 1. The monoisotopic (exact) mass is 338 g/mol. The van der Waals surface area contributed by atoms with E-state index in [-0.39, 0.29) is 10.8 Å². The molecule has 128 valence electrons. The number of amides is 1. The largest absolute Gasteiger partial charge is 0.326 e. The van der Waals surface area contributed by atoms with Gasteiger partial charge in [-0.05, 0) is 43.0 Å². The predicted molar refractivity (Wildman–Crippen MR) is 91.7 cm³/mol. The number of nitrogens with one attached hydrogen (secondary N) is 1. The Morgan fingerprint density at radius 2 is 1.83 bits per heavy atom. The Morgan fingerprint density at radius 3 is 2.35 bits per heavy atom. The molecule has 2 rings (SSSR count). The van der Waals surface area contributed by atoms with Crippen molar-refractivity contribution in [2.45, 2.75) is 45.4 Å². The molecule has 1 unspecified atom stereocenters. The van der Waals surface area contributed by atoms with Gasteiger partial charge >= 0.3 is 0 Å². The van der Waals surface area contributed by atoms with Gasteiger partial charge in [0, 0.05) is 24.2 Å². The normalized spacial score (nSPS) is 20.3. The SMILES string of the molecule is CC1CCCN(S(=O)(=O)c2ccc(NC(=O)C(C)(C)C)cc2)C1. The van der Waals surface area contributed by atoms with Gasteiger partial charge in [-0.3, -0.25) is 4.79 Å². The van der Waals surface area contributed by atoms with E-state index in [1.54, 1.807) is 28.6 Å². The van der Waals surface area contributed by atoms with Gasteiger partial charge in [0.05, 0.1) is 4.90 Å². The second kappa shape index (κ2) is 6.61. The molecule has 5 nitrogen and oxygen atoms in total. The lowest BCUT2D eigenvalue weighted by atomic mass is 9.95. The molecule has 1 aromatic carbocycles. The summed E-state index contributed by atoms with van der Waals surface area (Å²) in [6.45, 7) is 8.73. The number of hydrogen-bond acceptors (Lipinski definition) is 3. The van der Waals surface area contributed by atoms with E-state index in [0.29, 0.717) is 24.7 Å². The van der Waals surface area contributed by atoms with Crippen LogP contribution in [0.15, 0.2) is 29.2 Å². The maximum atomic E-state index is 12.7. The highest BCUT2D eigenvalue weighted by atomic mass is 32.2. The molecular formula is C17H26N2O3S. The molecule has 1 saturated heterocycles. The Balaban J connectivity index is 2.14. The number of nitrogens with zero attached hydrogens (tertiary/aromatic N) is 1. The summed E-state index contributed by atoms with van der Waals surface area (Å²) in [6.07, 6.45) is 1.98. The van der Waals surface area contributed by atoms with Crippen LogP contribution in [0.3, 0.4) is 0 Å². The van der Waals surface area contributed by atoms with Gasteiger partial charge < -0.3 is 5.32 Å². The summed E-state index contributed by atoms with van der Waals surface area (Å²) in [4.78, 5) is 12.2. The first-order valence-electron chi connectivity index (χ1n) is 8.02. The highest BCUT2D eigenvalue weighted by Crippen LogP contribution is 2.25. The number of benzene rings is 1. The molecule has 1 fully saturated rings. The molecule has 6 heteroatoms. The Bertz CT molecular complexity index is 660. The fourth-order valence-electron chi connectivity index (χ4n) is 2.54. The number of sulfonamides is 1. The van der Waals surface area contributed by atoms with Crippen LogP contribution in [0.5, 0.6) is 0 Å². The first kappa shape index (κ1) is 17.9. The molecule has 0 bridgehead atoms. The van der Waals surface area contributed by atoms with Crippen molar-refractivity contribution in [1.82, 2.24) is 4.31 Å². The second-order valence-corrected chi connectivity index (χ2v) is 9.28. The molecule has 1 heterocycles. The van der Waals surface area contributed by atoms with Gasteiger partial charge in [-0.2, -0.15) is 4.31 Å². The molecule has 0 radical (unpaired) electrons. The van der Waals surface area contributed by atoms with E-state index in [1.807, 2.05) is 20.8 Å². The van der Waals surface area contributed by atoms with Crippen LogP contribution in [0, 0.1) is 11.3 Å². The summed E-state index contributed by atoms with van der Waals surface area (Å²) in [6, 6.07) is 6.41. The molecule has 1 aliphatic heterocycles. The molecule has 0 aliphatic carbocycles. The van der Waals surface area contributed by atoms with Crippen LogP contribution >= 0.6 is 0 Å². The van der Waals surface area contributed by atoms with E-state index >= 15 is 0 Å². The first-order valence-corrected chi connectivity index (χ1v) is 9.46. The van der Waals surface area contributed by atoms with Crippen LogP contribution in [0.25, 0.3) is 0 Å². The van der Waals surface area contributed by atoms with Crippen LogP contribution in [-0.2, 0) is 14.8 Å². The van der Waals surface area contributed by atoms with Gasteiger partial charge in [0.1, 0.15) is 0 Å². The van der Waals surface area contributed by atoms with E-state index in [0.717, 1.165) is 12.8 Å². The van der Waals surface area contributed by atoms with Crippen LogP contribution in [0.1, 0.15) is 40.5 Å². The van der Waals surface area contributed by atoms with Crippen molar-refractivity contribution in [2.24, 2.45) is 11.3 Å². The minimum atomic E-state index is -3.45. The third kappa shape index (κ3) is 4.32. The standard InChI is InChI=1S/C17H26N2O3S/c1-13-6-5-11-19(12-13)23(21,22)15-9-7-14(8-10-15)18-16(20)17(2,3)4/h7-10,13H,5-6,11-12H2,1-4H3,(H,18,20). The number of anilines is 1. The molecule has 1 N–H and O–H groups in total. The number of rotatable bonds is 3. The molecule has 1 aliphatic rings. The van der Waals surface area contributed by atoms with Crippen LogP contribution in [-0.4, -0.2) is 31.7 Å². The summed E-state index contributed by atoms with van der Waals surface area (Å²) >= 11 is 0. The van der Waals surface area contributed by atoms with Crippen molar-refractivity contribution in [3.63, 3.8) is 0 Å². The van der Waals surface area contributed by atoms with Crippen LogP contribution in [0.2, 0.25) is 0 Å². The average molecular weight is 338 g/mol. The fraction of sp³-hybridized carbons (Fsp3) is 0.588. The van der Waals surface area contributed by atoms with E-state index < -0.39 is 15.4 Å². The molecule has 23 heavy (non-hydrogen) atoms. The summed E-state index contributed by atoms with van der Waals surface area (Å²) in [5.74, 6) is 0.293. The highest BCUT2D eigenvalue weighted by Gasteiger charge is 2.28.